The van der Waals surface area contributed by atoms with Crippen molar-refractivity contribution in [3.63, 3.8) is 0 Å². The fraction of sp³-hybridized carbons (Fsp3) is 0.417. The van der Waals surface area contributed by atoms with Gasteiger partial charge in [0.25, 0.3) is 5.91 Å². The molecule has 0 spiro atoms. The number of nitriles is 1. The number of rotatable bonds is 6. The molecule has 2 aromatic carbocycles. The smallest absolute Gasteiger partial charge is 0.251 e. The Morgan fingerprint density at radius 2 is 1.80 bits per heavy atom. The third-order valence-electron chi connectivity index (χ3n) is 6.05. The number of hydrogen-bond acceptors (Lipinski definition) is 4. The largest absolute Gasteiger partial charge is 0.489 e. The monoisotopic (exact) mass is 426 g/mol. The second kappa shape index (κ2) is 8.29. The highest BCUT2D eigenvalue weighted by Gasteiger charge is 2.64. The molecular formula is C24H27ClN2O3. The Morgan fingerprint density at radius 1 is 1.17 bits per heavy atom. The summed E-state index contributed by atoms with van der Waals surface area (Å²) in [4.78, 5) is 12.8. The number of carbonyl (C=O) groups excluding carboxylic acids is 1. The van der Waals surface area contributed by atoms with Gasteiger partial charge in [0, 0.05) is 35.1 Å². The van der Waals surface area contributed by atoms with Gasteiger partial charge in [-0.1, -0.05) is 51.4 Å². The lowest BCUT2D eigenvalue weighted by atomic mass is 9.49. The number of aliphatic hydroxyl groups is 1. The molecule has 1 fully saturated rings. The van der Waals surface area contributed by atoms with Crippen molar-refractivity contribution in [2.24, 2.45) is 10.8 Å². The van der Waals surface area contributed by atoms with Gasteiger partial charge < -0.3 is 15.2 Å². The summed E-state index contributed by atoms with van der Waals surface area (Å²) in [5, 5.41) is 21.6. The van der Waals surface area contributed by atoms with Crippen molar-refractivity contribution in [2.75, 3.05) is 6.61 Å². The van der Waals surface area contributed by atoms with E-state index in [1.54, 1.807) is 30.3 Å². The average molecular weight is 427 g/mol. The highest BCUT2D eigenvalue weighted by Crippen LogP contribution is 2.55. The van der Waals surface area contributed by atoms with Crippen LogP contribution in [0.3, 0.4) is 0 Å². The zero-order valence-corrected chi connectivity index (χ0v) is 18.5. The standard InChI is InChI=1S/C24H27ClN2O3/c1-23(2)21(27-20(29)16-7-5-15(6-8-16)11-12-28)24(3,4)22(23)30-18-10-9-17(14-26)19(25)13-18/h5-10,13,21-22,28H,11-12H2,1-4H3,(H,27,29). The van der Waals surface area contributed by atoms with Gasteiger partial charge in [0.1, 0.15) is 17.9 Å². The van der Waals surface area contributed by atoms with Crippen LogP contribution in [0.2, 0.25) is 5.02 Å². The molecule has 1 aliphatic carbocycles. The lowest BCUT2D eigenvalue weighted by Crippen LogP contribution is -2.74. The molecule has 0 heterocycles. The Bertz CT molecular complexity index is 961. The van der Waals surface area contributed by atoms with Gasteiger partial charge in [-0.15, -0.1) is 0 Å². The summed E-state index contributed by atoms with van der Waals surface area (Å²) in [6.45, 7) is 8.38. The molecule has 30 heavy (non-hydrogen) atoms. The van der Waals surface area contributed by atoms with Gasteiger partial charge in [0.2, 0.25) is 0 Å². The van der Waals surface area contributed by atoms with E-state index in [4.69, 9.17) is 26.7 Å². The summed E-state index contributed by atoms with van der Waals surface area (Å²) in [6.07, 6.45) is 0.425. The van der Waals surface area contributed by atoms with Crippen molar-refractivity contribution >= 4 is 17.5 Å². The highest BCUT2D eigenvalue weighted by molar-refractivity contribution is 6.31. The first kappa shape index (κ1) is 22.1. The quantitative estimate of drug-likeness (QED) is 0.719. The van der Waals surface area contributed by atoms with E-state index in [9.17, 15) is 4.79 Å². The number of benzene rings is 2. The first-order valence-corrected chi connectivity index (χ1v) is 10.4. The van der Waals surface area contributed by atoms with E-state index in [0.717, 1.165) is 5.56 Å². The van der Waals surface area contributed by atoms with E-state index in [1.807, 2.05) is 18.2 Å². The van der Waals surface area contributed by atoms with Crippen LogP contribution in [0, 0.1) is 22.2 Å². The van der Waals surface area contributed by atoms with E-state index < -0.39 is 0 Å². The molecule has 1 saturated carbocycles. The van der Waals surface area contributed by atoms with E-state index in [-0.39, 0.29) is 35.5 Å². The molecule has 0 saturated heterocycles. The van der Waals surface area contributed by atoms with Gasteiger partial charge in [-0.05, 0) is 36.2 Å². The molecule has 0 unspecified atom stereocenters. The number of ether oxygens (including phenoxy) is 1. The number of amides is 1. The normalized spacial score (nSPS) is 21.2. The second-order valence-corrected chi connectivity index (χ2v) is 9.38. The minimum atomic E-state index is -0.309. The van der Waals surface area contributed by atoms with Crippen LogP contribution in [0.15, 0.2) is 42.5 Å². The number of hydrogen-bond donors (Lipinski definition) is 2. The summed E-state index contributed by atoms with van der Waals surface area (Å²) < 4.78 is 6.25. The fourth-order valence-corrected chi connectivity index (χ4v) is 4.97. The third kappa shape index (κ3) is 4.03. The zero-order chi connectivity index (χ0) is 22.1. The maximum atomic E-state index is 12.8. The van der Waals surface area contributed by atoms with Crippen molar-refractivity contribution < 1.29 is 14.6 Å². The number of nitrogens with zero attached hydrogens (tertiary/aromatic N) is 1. The predicted molar refractivity (Wildman–Crippen MR) is 117 cm³/mol. The van der Waals surface area contributed by atoms with Gasteiger partial charge >= 0.3 is 0 Å². The zero-order valence-electron chi connectivity index (χ0n) is 17.7. The van der Waals surface area contributed by atoms with Gasteiger partial charge in [0.15, 0.2) is 0 Å². The van der Waals surface area contributed by atoms with E-state index in [0.29, 0.717) is 28.3 Å². The Kier molecular flexibility index (Phi) is 6.12. The van der Waals surface area contributed by atoms with Crippen LogP contribution >= 0.6 is 11.6 Å². The molecule has 2 N–H and O–H groups in total. The fourth-order valence-electron chi connectivity index (χ4n) is 4.76. The van der Waals surface area contributed by atoms with Crippen molar-refractivity contribution in [2.45, 2.75) is 46.3 Å². The highest BCUT2D eigenvalue weighted by atomic mass is 35.5. The third-order valence-corrected chi connectivity index (χ3v) is 6.36. The number of halogens is 1. The Morgan fingerprint density at radius 3 is 2.33 bits per heavy atom. The van der Waals surface area contributed by atoms with E-state index in [1.165, 1.54) is 0 Å². The van der Waals surface area contributed by atoms with Gasteiger partial charge in [-0.2, -0.15) is 5.26 Å². The number of carbonyl (C=O) groups is 1. The van der Waals surface area contributed by atoms with E-state index >= 15 is 0 Å². The molecule has 6 heteroatoms. The summed E-state index contributed by atoms with van der Waals surface area (Å²) in [6, 6.07) is 14.3. The lowest BCUT2D eigenvalue weighted by Gasteiger charge is -2.63. The molecule has 158 valence electrons. The predicted octanol–water partition coefficient (Wildman–Crippen LogP) is 4.36. The first-order chi connectivity index (χ1) is 14.1. The first-order valence-electron chi connectivity index (χ1n) is 9.98. The van der Waals surface area contributed by atoms with E-state index in [2.05, 4.69) is 33.0 Å². The average Bonchev–Trinajstić information content (AvgIpc) is 2.70. The van der Waals surface area contributed by atoms with Crippen molar-refractivity contribution in [1.82, 2.24) is 5.32 Å². The van der Waals surface area contributed by atoms with Crippen LogP contribution in [-0.4, -0.2) is 29.8 Å². The van der Waals surface area contributed by atoms with Crippen molar-refractivity contribution in [3.8, 4) is 11.8 Å². The van der Waals surface area contributed by atoms with Crippen LogP contribution in [0.4, 0.5) is 0 Å². The van der Waals surface area contributed by atoms with Crippen LogP contribution in [0.5, 0.6) is 5.75 Å². The van der Waals surface area contributed by atoms with Crippen LogP contribution in [0.25, 0.3) is 0 Å². The molecule has 2 aromatic rings. The minimum Gasteiger partial charge on any atom is -0.489 e. The summed E-state index contributed by atoms with van der Waals surface area (Å²) >= 11 is 6.14. The van der Waals surface area contributed by atoms with Crippen LogP contribution in [0.1, 0.15) is 49.2 Å². The second-order valence-electron chi connectivity index (χ2n) is 8.97. The molecule has 0 radical (unpaired) electrons. The Hall–Kier alpha value is -2.55. The maximum Gasteiger partial charge on any atom is 0.251 e. The molecule has 3 rings (SSSR count). The van der Waals surface area contributed by atoms with Gasteiger partial charge in [-0.3, -0.25) is 4.79 Å². The summed E-state index contributed by atoms with van der Waals surface area (Å²) in [5.41, 5.74) is 1.37. The molecular weight excluding hydrogens is 400 g/mol. The Labute approximate surface area is 182 Å². The molecule has 5 nitrogen and oxygen atoms in total. The molecule has 1 aliphatic rings. The minimum absolute atomic E-state index is 0.0852. The molecule has 1 amide bonds. The summed E-state index contributed by atoms with van der Waals surface area (Å²) in [5.74, 6) is 0.478. The molecule has 0 aliphatic heterocycles. The SMILES string of the molecule is CC1(C)C(NC(=O)c2ccc(CCO)cc2)C(C)(C)C1Oc1ccc(C#N)c(Cl)c1. The number of nitrogens with one attached hydrogen (secondary N) is 1. The Balaban J connectivity index is 1.72. The molecule has 0 aromatic heterocycles. The lowest BCUT2D eigenvalue weighted by molar-refractivity contribution is -0.164. The topological polar surface area (TPSA) is 82.3 Å². The van der Waals surface area contributed by atoms with Crippen LogP contribution < -0.4 is 10.1 Å². The molecule has 0 atom stereocenters. The molecule has 0 bridgehead atoms. The summed E-state index contributed by atoms with van der Waals surface area (Å²) in [7, 11) is 0. The van der Waals surface area contributed by atoms with Gasteiger partial charge in [0.05, 0.1) is 10.6 Å². The van der Waals surface area contributed by atoms with Crippen LogP contribution in [-0.2, 0) is 6.42 Å². The van der Waals surface area contributed by atoms with Crippen molar-refractivity contribution in [1.29, 1.82) is 5.26 Å². The van der Waals surface area contributed by atoms with Crippen molar-refractivity contribution in [3.05, 3.63) is 64.2 Å². The number of aliphatic hydroxyl groups excluding tert-OH is 1. The maximum absolute atomic E-state index is 12.8. The van der Waals surface area contributed by atoms with Gasteiger partial charge in [-0.25, -0.2) is 0 Å².